The van der Waals surface area contributed by atoms with Crippen molar-refractivity contribution in [1.29, 1.82) is 0 Å². The molecule has 2 heteroatoms. The fraction of sp³-hybridized carbons (Fsp3) is 0.412. The van der Waals surface area contributed by atoms with Crippen molar-refractivity contribution < 1.29 is 5.11 Å². The number of hydrogen-bond donors (Lipinski definition) is 1. The average Bonchev–Trinajstić information content (AvgIpc) is 2.88. The van der Waals surface area contributed by atoms with Gasteiger partial charge in [-0.05, 0) is 30.5 Å². The van der Waals surface area contributed by atoms with Crippen molar-refractivity contribution in [3.8, 4) is 0 Å². The first-order valence-corrected chi connectivity index (χ1v) is 7.86. The molecule has 19 heavy (non-hydrogen) atoms. The number of rotatable bonds is 6. The van der Waals surface area contributed by atoms with Crippen molar-refractivity contribution in [2.45, 2.75) is 45.1 Å². The number of aliphatic hydroxyl groups is 1. The molecular weight excluding hydrogens is 252 g/mol. The molecule has 0 aliphatic heterocycles. The molecule has 0 amide bonds. The van der Waals surface area contributed by atoms with Gasteiger partial charge in [0.05, 0.1) is 6.10 Å². The molecular formula is C17H22OS. The molecule has 0 bridgehead atoms. The Balaban J connectivity index is 2.06. The fourth-order valence-corrected chi connectivity index (χ4v) is 3.51. The Morgan fingerprint density at radius 2 is 1.68 bits per heavy atom. The topological polar surface area (TPSA) is 20.2 Å². The predicted octanol–water partition coefficient (Wildman–Crippen LogP) is 4.41. The van der Waals surface area contributed by atoms with Gasteiger partial charge in [0.25, 0.3) is 0 Å². The van der Waals surface area contributed by atoms with Crippen molar-refractivity contribution in [3.63, 3.8) is 0 Å². The monoisotopic (exact) mass is 274 g/mol. The summed E-state index contributed by atoms with van der Waals surface area (Å²) in [5, 5.41) is 10.5. The van der Waals surface area contributed by atoms with E-state index in [0.717, 1.165) is 19.3 Å². The summed E-state index contributed by atoms with van der Waals surface area (Å²) < 4.78 is 0. The smallest absolute Gasteiger partial charge is 0.0656 e. The van der Waals surface area contributed by atoms with Crippen LogP contribution in [0.5, 0.6) is 0 Å². The standard InChI is InChI=1S/C17H22OS/c1-3-14-10-11-15(19-14)12-17(18)16(4-2)13-8-6-5-7-9-13/h5-11,16-18H,3-4,12H2,1-2H3. The Morgan fingerprint density at radius 1 is 1.00 bits per heavy atom. The van der Waals surface area contributed by atoms with Crippen LogP contribution in [0, 0.1) is 0 Å². The van der Waals surface area contributed by atoms with Crippen LogP contribution in [-0.2, 0) is 12.8 Å². The maximum Gasteiger partial charge on any atom is 0.0656 e. The highest BCUT2D eigenvalue weighted by Crippen LogP contribution is 2.27. The highest BCUT2D eigenvalue weighted by molar-refractivity contribution is 7.11. The maximum absolute atomic E-state index is 10.5. The Labute approximate surface area is 119 Å². The van der Waals surface area contributed by atoms with Crippen LogP contribution in [0.3, 0.4) is 0 Å². The summed E-state index contributed by atoms with van der Waals surface area (Å²) in [5.74, 6) is 0.230. The minimum atomic E-state index is -0.296. The van der Waals surface area contributed by atoms with E-state index in [-0.39, 0.29) is 12.0 Å². The van der Waals surface area contributed by atoms with E-state index in [4.69, 9.17) is 0 Å². The van der Waals surface area contributed by atoms with E-state index in [1.54, 1.807) is 0 Å². The molecule has 2 rings (SSSR count). The van der Waals surface area contributed by atoms with Crippen molar-refractivity contribution in [2.24, 2.45) is 0 Å². The zero-order chi connectivity index (χ0) is 13.7. The predicted molar refractivity (Wildman–Crippen MR) is 82.9 cm³/mol. The second kappa shape index (κ2) is 6.88. The van der Waals surface area contributed by atoms with Gasteiger partial charge in [0.15, 0.2) is 0 Å². The Hall–Kier alpha value is -1.12. The molecule has 1 aromatic heterocycles. The molecule has 102 valence electrons. The van der Waals surface area contributed by atoms with E-state index in [1.807, 2.05) is 29.5 Å². The first kappa shape index (κ1) is 14.3. The molecule has 1 N–H and O–H groups in total. The minimum absolute atomic E-state index is 0.230. The van der Waals surface area contributed by atoms with Gasteiger partial charge in [0.2, 0.25) is 0 Å². The molecule has 2 atom stereocenters. The number of benzene rings is 1. The molecule has 0 saturated carbocycles. The van der Waals surface area contributed by atoms with Crippen molar-refractivity contribution in [1.82, 2.24) is 0 Å². The van der Waals surface area contributed by atoms with Gasteiger partial charge in [-0.1, -0.05) is 44.2 Å². The lowest BCUT2D eigenvalue weighted by atomic mass is 9.89. The summed E-state index contributed by atoms with van der Waals surface area (Å²) in [7, 11) is 0. The minimum Gasteiger partial charge on any atom is -0.392 e. The van der Waals surface area contributed by atoms with Crippen LogP contribution in [0.2, 0.25) is 0 Å². The van der Waals surface area contributed by atoms with Crippen molar-refractivity contribution >= 4 is 11.3 Å². The second-order valence-electron chi connectivity index (χ2n) is 4.92. The normalized spacial score (nSPS) is 14.3. The van der Waals surface area contributed by atoms with Crippen LogP contribution >= 0.6 is 11.3 Å². The summed E-state index contributed by atoms with van der Waals surface area (Å²) in [6.07, 6.45) is 2.52. The van der Waals surface area contributed by atoms with E-state index in [0.29, 0.717) is 0 Å². The molecule has 2 aromatic rings. The van der Waals surface area contributed by atoms with Gasteiger partial charge in [-0.2, -0.15) is 0 Å². The Kier molecular flexibility index (Phi) is 5.17. The lowest BCUT2D eigenvalue weighted by molar-refractivity contribution is 0.141. The summed E-state index contributed by atoms with van der Waals surface area (Å²) in [6, 6.07) is 14.7. The summed E-state index contributed by atoms with van der Waals surface area (Å²) in [6.45, 7) is 4.32. The quantitative estimate of drug-likeness (QED) is 0.827. The summed E-state index contributed by atoms with van der Waals surface area (Å²) in [4.78, 5) is 2.69. The molecule has 0 fully saturated rings. The summed E-state index contributed by atoms with van der Waals surface area (Å²) in [5.41, 5.74) is 1.24. The van der Waals surface area contributed by atoms with Gasteiger partial charge in [0.1, 0.15) is 0 Å². The van der Waals surface area contributed by atoms with E-state index >= 15 is 0 Å². The molecule has 0 aliphatic rings. The lowest BCUT2D eigenvalue weighted by Crippen LogP contribution is -2.20. The lowest BCUT2D eigenvalue weighted by Gasteiger charge is -2.21. The van der Waals surface area contributed by atoms with Gasteiger partial charge in [0, 0.05) is 22.1 Å². The van der Waals surface area contributed by atoms with Crippen LogP contribution in [-0.4, -0.2) is 11.2 Å². The molecule has 2 unspecified atom stereocenters. The van der Waals surface area contributed by atoms with Crippen LogP contribution in [0.25, 0.3) is 0 Å². The van der Waals surface area contributed by atoms with Gasteiger partial charge in [-0.3, -0.25) is 0 Å². The molecule has 0 radical (unpaired) electrons. The van der Waals surface area contributed by atoms with Gasteiger partial charge in [-0.15, -0.1) is 11.3 Å². The first-order chi connectivity index (χ1) is 9.24. The van der Waals surface area contributed by atoms with E-state index in [2.05, 4.69) is 38.1 Å². The second-order valence-corrected chi connectivity index (χ2v) is 6.17. The first-order valence-electron chi connectivity index (χ1n) is 7.05. The maximum atomic E-state index is 10.5. The molecule has 0 aliphatic carbocycles. The highest BCUT2D eigenvalue weighted by Gasteiger charge is 2.20. The number of hydrogen-bond acceptors (Lipinski definition) is 2. The average molecular weight is 274 g/mol. The third-order valence-electron chi connectivity index (χ3n) is 3.61. The van der Waals surface area contributed by atoms with E-state index < -0.39 is 0 Å². The van der Waals surface area contributed by atoms with Crippen LogP contribution in [0.15, 0.2) is 42.5 Å². The molecule has 1 nitrogen and oxygen atoms in total. The third kappa shape index (κ3) is 3.68. The summed E-state index contributed by atoms with van der Waals surface area (Å²) >= 11 is 1.82. The zero-order valence-corrected chi connectivity index (χ0v) is 12.5. The highest BCUT2D eigenvalue weighted by atomic mass is 32.1. The molecule has 1 heterocycles. The largest absolute Gasteiger partial charge is 0.392 e. The van der Waals surface area contributed by atoms with Crippen LogP contribution in [0.4, 0.5) is 0 Å². The SMILES string of the molecule is CCc1ccc(CC(O)C(CC)c2ccccc2)s1. The van der Waals surface area contributed by atoms with Gasteiger partial charge < -0.3 is 5.11 Å². The number of aryl methyl sites for hydroxylation is 1. The van der Waals surface area contributed by atoms with Crippen molar-refractivity contribution in [3.05, 3.63) is 57.8 Å². The molecule has 1 aromatic carbocycles. The zero-order valence-electron chi connectivity index (χ0n) is 11.7. The number of thiophene rings is 1. The fourth-order valence-electron chi connectivity index (χ4n) is 2.50. The van der Waals surface area contributed by atoms with E-state index in [1.165, 1.54) is 15.3 Å². The third-order valence-corrected chi connectivity index (χ3v) is 4.86. The van der Waals surface area contributed by atoms with Crippen molar-refractivity contribution in [2.75, 3.05) is 0 Å². The molecule has 0 spiro atoms. The van der Waals surface area contributed by atoms with Crippen LogP contribution < -0.4 is 0 Å². The molecule has 0 saturated heterocycles. The van der Waals surface area contributed by atoms with Gasteiger partial charge in [-0.25, -0.2) is 0 Å². The van der Waals surface area contributed by atoms with Gasteiger partial charge >= 0.3 is 0 Å². The van der Waals surface area contributed by atoms with E-state index in [9.17, 15) is 5.11 Å². The van der Waals surface area contributed by atoms with Crippen LogP contribution in [0.1, 0.15) is 41.5 Å². The number of aliphatic hydroxyl groups excluding tert-OH is 1. The Morgan fingerprint density at radius 3 is 2.26 bits per heavy atom. The Bertz CT molecular complexity index is 489.